The fraction of sp³-hybridized carbons (Fsp3) is 0.478. The Kier molecular flexibility index (Phi) is 5.91. The van der Waals surface area contributed by atoms with Gasteiger partial charge < -0.3 is 15.6 Å². The molecule has 0 bridgehead atoms. The molecule has 0 aliphatic carbocycles. The summed E-state index contributed by atoms with van der Waals surface area (Å²) in [6.07, 6.45) is 3.70. The van der Waals surface area contributed by atoms with Crippen molar-refractivity contribution in [1.29, 1.82) is 0 Å². The van der Waals surface area contributed by atoms with Gasteiger partial charge in [-0.1, -0.05) is 0 Å². The van der Waals surface area contributed by atoms with Gasteiger partial charge in [-0.05, 0) is 71.3 Å². The quantitative estimate of drug-likeness (QED) is 0.586. The highest BCUT2D eigenvalue weighted by Crippen LogP contribution is 2.29. The van der Waals surface area contributed by atoms with Crippen LogP contribution in [0.4, 0.5) is 0 Å². The molecular weight excluding hydrogens is 392 g/mol. The number of carbonyl (C=O) groups is 1. The van der Waals surface area contributed by atoms with Crippen LogP contribution < -0.4 is 16.2 Å². The molecule has 1 aliphatic heterocycles. The molecule has 8 heteroatoms. The van der Waals surface area contributed by atoms with E-state index in [0.29, 0.717) is 17.0 Å². The van der Waals surface area contributed by atoms with Crippen molar-refractivity contribution < 1.29 is 4.79 Å². The van der Waals surface area contributed by atoms with E-state index in [2.05, 4.69) is 34.6 Å². The number of H-pyrrole nitrogens is 1. The van der Waals surface area contributed by atoms with Gasteiger partial charge in [0.05, 0.1) is 17.1 Å². The van der Waals surface area contributed by atoms with Crippen molar-refractivity contribution in [2.75, 3.05) is 13.1 Å². The topological polar surface area (TPSA) is 105 Å². The minimum atomic E-state index is -0.217. The normalized spacial score (nSPS) is 15.0. The summed E-state index contributed by atoms with van der Waals surface area (Å²) in [5.41, 5.74) is 4.31. The van der Waals surface area contributed by atoms with Crippen LogP contribution in [0.1, 0.15) is 71.5 Å². The molecule has 4 heterocycles. The number of hydrogen-bond acceptors (Lipinski definition) is 5. The molecule has 0 radical (unpaired) electrons. The minimum absolute atomic E-state index is 0.137. The van der Waals surface area contributed by atoms with Gasteiger partial charge in [0.25, 0.3) is 11.5 Å². The zero-order valence-electron chi connectivity index (χ0n) is 18.6. The predicted molar refractivity (Wildman–Crippen MR) is 120 cm³/mol. The third-order valence-corrected chi connectivity index (χ3v) is 6.00. The molecule has 8 nitrogen and oxygen atoms in total. The number of fused-ring (bicyclic) bond motifs is 1. The summed E-state index contributed by atoms with van der Waals surface area (Å²) < 4.78 is 1.87. The SMILES string of the molecule is Cc1cc(C)c(CNC(=O)c2cc(C3CCNCC3)nc3c2cnn3C(C)C)c(=O)[nH]1. The van der Waals surface area contributed by atoms with E-state index in [1.807, 2.05) is 30.7 Å². The van der Waals surface area contributed by atoms with Crippen molar-refractivity contribution in [3.8, 4) is 0 Å². The van der Waals surface area contributed by atoms with Crippen LogP contribution in [-0.2, 0) is 6.54 Å². The fourth-order valence-corrected chi connectivity index (χ4v) is 4.30. The Bertz CT molecular complexity index is 1170. The average Bonchev–Trinajstić information content (AvgIpc) is 3.17. The van der Waals surface area contributed by atoms with Crippen LogP contribution >= 0.6 is 0 Å². The number of pyridine rings is 2. The first-order valence-corrected chi connectivity index (χ1v) is 10.9. The molecule has 1 aliphatic rings. The minimum Gasteiger partial charge on any atom is -0.348 e. The highest BCUT2D eigenvalue weighted by Gasteiger charge is 2.23. The first-order chi connectivity index (χ1) is 14.8. The monoisotopic (exact) mass is 422 g/mol. The van der Waals surface area contributed by atoms with Crippen molar-refractivity contribution in [3.05, 3.63) is 56.8 Å². The van der Waals surface area contributed by atoms with Gasteiger partial charge in [-0.25, -0.2) is 9.67 Å². The third-order valence-electron chi connectivity index (χ3n) is 6.00. The lowest BCUT2D eigenvalue weighted by atomic mass is 9.92. The molecule has 1 saturated heterocycles. The largest absolute Gasteiger partial charge is 0.348 e. The van der Waals surface area contributed by atoms with Gasteiger partial charge >= 0.3 is 0 Å². The number of amides is 1. The number of aromatic amines is 1. The standard InChI is InChI=1S/C23H30N6O2/c1-13(2)29-21-19(12-26-29)17(10-20(28-21)16-5-7-24-8-6-16)22(30)25-11-18-14(3)9-15(4)27-23(18)31/h9-10,12-13,16,24H,5-8,11H2,1-4H3,(H,25,30)(H,27,31). The van der Waals surface area contributed by atoms with Crippen molar-refractivity contribution >= 4 is 16.9 Å². The van der Waals surface area contributed by atoms with Crippen molar-refractivity contribution in [2.45, 2.75) is 59.0 Å². The van der Waals surface area contributed by atoms with Crippen LogP contribution in [0.15, 0.2) is 23.1 Å². The molecule has 0 saturated carbocycles. The smallest absolute Gasteiger partial charge is 0.253 e. The number of piperidine rings is 1. The van der Waals surface area contributed by atoms with E-state index in [1.54, 1.807) is 6.20 Å². The Morgan fingerprint density at radius 2 is 2.00 bits per heavy atom. The van der Waals surface area contributed by atoms with E-state index in [4.69, 9.17) is 4.98 Å². The molecule has 1 amide bonds. The lowest BCUT2D eigenvalue weighted by molar-refractivity contribution is 0.0952. The van der Waals surface area contributed by atoms with Crippen LogP contribution in [0.2, 0.25) is 0 Å². The van der Waals surface area contributed by atoms with Crippen LogP contribution in [-0.4, -0.2) is 38.7 Å². The number of nitrogens with one attached hydrogen (secondary N) is 3. The first kappa shape index (κ1) is 21.2. The highest BCUT2D eigenvalue weighted by molar-refractivity contribution is 6.05. The number of aromatic nitrogens is 4. The highest BCUT2D eigenvalue weighted by atomic mass is 16.1. The molecule has 164 valence electrons. The Hall–Kier alpha value is -3.00. The Morgan fingerprint density at radius 3 is 2.68 bits per heavy atom. The molecule has 3 aromatic heterocycles. The lowest BCUT2D eigenvalue weighted by Gasteiger charge is -2.23. The molecule has 0 aromatic carbocycles. The average molecular weight is 423 g/mol. The van der Waals surface area contributed by atoms with E-state index < -0.39 is 0 Å². The molecule has 1 fully saturated rings. The summed E-state index contributed by atoms with van der Waals surface area (Å²) in [5.74, 6) is 0.0974. The van der Waals surface area contributed by atoms with Crippen LogP contribution in [0.3, 0.4) is 0 Å². The second-order valence-electron chi connectivity index (χ2n) is 8.66. The summed E-state index contributed by atoms with van der Waals surface area (Å²) in [5, 5.41) is 11.5. The van der Waals surface area contributed by atoms with Gasteiger partial charge in [-0.3, -0.25) is 9.59 Å². The van der Waals surface area contributed by atoms with E-state index in [-0.39, 0.29) is 24.1 Å². The van der Waals surface area contributed by atoms with E-state index in [9.17, 15) is 9.59 Å². The molecule has 0 atom stereocenters. The zero-order valence-corrected chi connectivity index (χ0v) is 18.6. The van der Waals surface area contributed by atoms with E-state index in [0.717, 1.165) is 53.9 Å². The maximum atomic E-state index is 13.2. The number of nitrogens with zero attached hydrogens (tertiary/aromatic N) is 3. The number of hydrogen-bond donors (Lipinski definition) is 3. The van der Waals surface area contributed by atoms with E-state index >= 15 is 0 Å². The molecule has 0 unspecified atom stereocenters. The van der Waals surface area contributed by atoms with Gasteiger partial charge in [-0.2, -0.15) is 5.10 Å². The third kappa shape index (κ3) is 4.25. The second kappa shape index (κ2) is 8.63. The van der Waals surface area contributed by atoms with E-state index in [1.165, 1.54) is 0 Å². The van der Waals surface area contributed by atoms with Gasteiger partial charge in [-0.15, -0.1) is 0 Å². The molecular formula is C23H30N6O2. The van der Waals surface area contributed by atoms with Gasteiger partial charge in [0, 0.05) is 35.5 Å². The van der Waals surface area contributed by atoms with Crippen LogP contribution in [0.5, 0.6) is 0 Å². The second-order valence-corrected chi connectivity index (χ2v) is 8.66. The molecule has 4 rings (SSSR count). The predicted octanol–water partition coefficient (Wildman–Crippen LogP) is 2.71. The molecule has 31 heavy (non-hydrogen) atoms. The van der Waals surface area contributed by atoms with Crippen molar-refractivity contribution in [2.24, 2.45) is 0 Å². The van der Waals surface area contributed by atoms with Crippen LogP contribution in [0, 0.1) is 13.8 Å². The maximum Gasteiger partial charge on any atom is 0.253 e. The fourth-order valence-electron chi connectivity index (χ4n) is 4.30. The molecule has 3 N–H and O–H groups in total. The maximum absolute atomic E-state index is 13.2. The summed E-state index contributed by atoms with van der Waals surface area (Å²) in [7, 11) is 0. The molecule has 0 spiro atoms. The summed E-state index contributed by atoms with van der Waals surface area (Å²) in [6, 6.07) is 3.96. The summed E-state index contributed by atoms with van der Waals surface area (Å²) in [6.45, 7) is 9.91. The Morgan fingerprint density at radius 1 is 1.26 bits per heavy atom. The van der Waals surface area contributed by atoms with Gasteiger partial charge in [0.1, 0.15) is 0 Å². The summed E-state index contributed by atoms with van der Waals surface area (Å²) >= 11 is 0. The Balaban J connectivity index is 1.70. The summed E-state index contributed by atoms with van der Waals surface area (Å²) in [4.78, 5) is 33.3. The zero-order chi connectivity index (χ0) is 22.1. The molecule has 3 aromatic rings. The van der Waals surface area contributed by atoms with Crippen LogP contribution in [0.25, 0.3) is 11.0 Å². The van der Waals surface area contributed by atoms with Crippen molar-refractivity contribution in [1.82, 2.24) is 30.4 Å². The van der Waals surface area contributed by atoms with Crippen molar-refractivity contribution in [3.63, 3.8) is 0 Å². The number of carbonyl (C=O) groups excluding carboxylic acids is 1. The van der Waals surface area contributed by atoms with Gasteiger partial charge in [0.2, 0.25) is 0 Å². The number of rotatable bonds is 5. The Labute approximate surface area is 181 Å². The number of aryl methyl sites for hydroxylation is 2. The van der Waals surface area contributed by atoms with Gasteiger partial charge in [0.15, 0.2) is 5.65 Å². The first-order valence-electron chi connectivity index (χ1n) is 10.9. The lowest BCUT2D eigenvalue weighted by Crippen LogP contribution is -2.29.